The molecular weight excluding hydrogens is 545 g/mol. The minimum atomic E-state index is -3.56. The predicted molar refractivity (Wildman–Crippen MR) is 156 cm³/mol. The Kier molecular flexibility index (Phi) is 12.4. The van der Waals surface area contributed by atoms with Gasteiger partial charge >= 0.3 is 0 Å². The average molecular weight is 585 g/mol. The Morgan fingerprint density at radius 3 is 2.18 bits per heavy atom. The van der Waals surface area contributed by atoms with E-state index in [0.29, 0.717) is 35.1 Å². The van der Waals surface area contributed by atoms with Crippen LogP contribution in [0.15, 0.2) is 36.4 Å². The number of carbonyl (C=O) groups excluding carboxylic acids is 2. The van der Waals surface area contributed by atoms with Crippen LogP contribution in [0.2, 0.25) is 10.0 Å². The summed E-state index contributed by atoms with van der Waals surface area (Å²) in [5.74, 6) is -0.440. The topological polar surface area (TPSA) is 86.8 Å². The van der Waals surface area contributed by atoms with Gasteiger partial charge in [0.15, 0.2) is 0 Å². The number of nitrogens with one attached hydrogen (secondary N) is 1. The van der Waals surface area contributed by atoms with Gasteiger partial charge in [-0.2, -0.15) is 0 Å². The number of hydrogen-bond donors (Lipinski definition) is 1. The van der Waals surface area contributed by atoms with E-state index in [1.807, 2.05) is 45.9 Å². The maximum Gasteiger partial charge on any atom is 0.242 e. The second-order valence-corrected chi connectivity index (χ2v) is 12.3. The number of carbonyl (C=O) groups is 2. The molecule has 0 saturated heterocycles. The minimum Gasteiger partial charge on any atom is -0.354 e. The molecule has 0 aliphatic rings. The highest BCUT2D eigenvalue weighted by atomic mass is 35.5. The Bertz CT molecular complexity index is 1200. The zero-order valence-electron chi connectivity index (χ0n) is 22.9. The fraction of sp³-hybridized carbons (Fsp3) is 0.500. The zero-order chi connectivity index (χ0) is 28.5. The standard InChI is InChI=1S/C28H39Cl2N3O4S/c1-6-8-13-31-28(35)26(7-2)32(19-22-11-12-24(29)25(30)18-22)27(34)10-9-14-33(38(5,36)37)23-16-20(3)15-21(4)17-23/h11-12,15-18,26H,6-10,13-14,19H2,1-5H3,(H,31,35)/t26-/m0/s1. The van der Waals surface area contributed by atoms with E-state index in [1.54, 1.807) is 23.1 Å². The second kappa shape index (κ2) is 14.8. The lowest BCUT2D eigenvalue weighted by molar-refractivity contribution is -0.141. The lowest BCUT2D eigenvalue weighted by Gasteiger charge is -2.31. The van der Waals surface area contributed by atoms with Gasteiger partial charge in [0.2, 0.25) is 21.8 Å². The Morgan fingerprint density at radius 1 is 0.974 bits per heavy atom. The van der Waals surface area contributed by atoms with Crippen LogP contribution in [0.25, 0.3) is 0 Å². The van der Waals surface area contributed by atoms with Gasteiger partial charge in [-0.3, -0.25) is 13.9 Å². The van der Waals surface area contributed by atoms with E-state index in [1.165, 1.54) is 4.31 Å². The first-order valence-corrected chi connectivity index (χ1v) is 15.5. The maximum absolute atomic E-state index is 13.5. The summed E-state index contributed by atoms with van der Waals surface area (Å²) in [5, 5.41) is 3.71. The van der Waals surface area contributed by atoms with Crippen LogP contribution in [0.5, 0.6) is 0 Å². The molecule has 1 atom stereocenters. The highest BCUT2D eigenvalue weighted by Gasteiger charge is 2.29. The Hall–Kier alpha value is -2.29. The number of hydrogen-bond acceptors (Lipinski definition) is 4. The largest absolute Gasteiger partial charge is 0.354 e. The van der Waals surface area contributed by atoms with Crippen molar-refractivity contribution in [2.75, 3.05) is 23.7 Å². The lowest BCUT2D eigenvalue weighted by Crippen LogP contribution is -2.49. The SMILES string of the molecule is CCCCNC(=O)[C@H](CC)N(Cc1ccc(Cl)c(Cl)c1)C(=O)CCCN(c1cc(C)cc(C)c1)S(C)(=O)=O. The van der Waals surface area contributed by atoms with Crippen molar-refractivity contribution in [2.45, 2.75) is 72.4 Å². The summed E-state index contributed by atoms with van der Waals surface area (Å²) in [6.07, 6.45) is 3.77. The van der Waals surface area contributed by atoms with Gasteiger partial charge in [-0.1, -0.05) is 55.6 Å². The van der Waals surface area contributed by atoms with Crippen LogP contribution in [0.1, 0.15) is 62.6 Å². The minimum absolute atomic E-state index is 0.0802. The van der Waals surface area contributed by atoms with Gasteiger partial charge in [-0.25, -0.2) is 8.42 Å². The molecule has 2 aromatic rings. The molecule has 38 heavy (non-hydrogen) atoms. The molecule has 2 aromatic carbocycles. The van der Waals surface area contributed by atoms with E-state index in [9.17, 15) is 18.0 Å². The zero-order valence-corrected chi connectivity index (χ0v) is 25.2. The molecule has 210 valence electrons. The molecule has 2 rings (SSSR count). The fourth-order valence-corrected chi connectivity index (χ4v) is 5.63. The number of amides is 2. The molecule has 0 fully saturated rings. The first-order valence-electron chi connectivity index (χ1n) is 12.9. The van der Waals surface area contributed by atoms with Gasteiger partial charge in [0.1, 0.15) is 6.04 Å². The summed E-state index contributed by atoms with van der Waals surface area (Å²) in [6, 6.07) is 10.1. The van der Waals surface area contributed by atoms with Crippen LogP contribution in [0, 0.1) is 13.8 Å². The summed E-state index contributed by atoms with van der Waals surface area (Å²) in [6.45, 7) is 8.61. The Balaban J connectivity index is 2.25. The van der Waals surface area contributed by atoms with Crippen LogP contribution in [-0.2, 0) is 26.2 Å². The van der Waals surface area contributed by atoms with E-state index in [0.717, 1.165) is 35.8 Å². The number of halogens is 2. The molecule has 0 unspecified atom stereocenters. The third kappa shape index (κ3) is 9.47. The van der Waals surface area contributed by atoms with Crippen LogP contribution in [0.3, 0.4) is 0 Å². The van der Waals surface area contributed by atoms with E-state index in [4.69, 9.17) is 23.2 Å². The molecule has 0 radical (unpaired) electrons. The first kappa shape index (κ1) is 31.9. The van der Waals surface area contributed by atoms with Crippen molar-refractivity contribution >= 4 is 50.7 Å². The number of sulfonamides is 1. The van der Waals surface area contributed by atoms with Crippen molar-refractivity contribution in [1.82, 2.24) is 10.2 Å². The predicted octanol–water partition coefficient (Wildman–Crippen LogP) is 5.88. The van der Waals surface area contributed by atoms with Gasteiger partial charge in [0.25, 0.3) is 0 Å². The molecule has 0 aromatic heterocycles. The van der Waals surface area contributed by atoms with Gasteiger partial charge < -0.3 is 10.2 Å². The monoisotopic (exact) mass is 583 g/mol. The summed E-state index contributed by atoms with van der Waals surface area (Å²) >= 11 is 12.3. The lowest BCUT2D eigenvalue weighted by atomic mass is 10.1. The average Bonchev–Trinajstić information content (AvgIpc) is 2.82. The molecular formula is C28H39Cl2N3O4S. The van der Waals surface area contributed by atoms with E-state index in [-0.39, 0.29) is 31.3 Å². The highest BCUT2D eigenvalue weighted by molar-refractivity contribution is 7.92. The number of nitrogens with zero attached hydrogens (tertiary/aromatic N) is 2. The van der Waals surface area contributed by atoms with Gasteiger partial charge in [-0.05, 0) is 74.1 Å². The van der Waals surface area contributed by atoms with E-state index in [2.05, 4.69) is 5.32 Å². The fourth-order valence-electron chi connectivity index (χ4n) is 4.36. The molecule has 0 aliphatic heterocycles. The van der Waals surface area contributed by atoms with Crippen LogP contribution < -0.4 is 9.62 Å². The smallest absolute Gasteiger partial charge is 0.242 e. The number of anilines is 1. The molecule has 0 aliphatic carbocycles. The van der Waals surface area contributed by atoms with E-state index >= 15 is 0 Å². The van der Waals surface area contributed by atoms with Crippen molar-refractivity contribution < 1.29 is 18.0 Å². The van der Waals surface area contributed by atoms with Crippen molar-refractivity contribution in [2.24, 2.45) is 0 Å². The molecule has 0 saturated carbocycles. The van der Waals surface area contributed by atoms with E-state index < -0.39 is 16.1 Å². The third-order valence-corrected chi connectivity index (χ3v) is 8.13. The van der Waals surface area contributed by atoms with Crippen molar-refractivity contribution in [3.63, 3.8) is 0 Å². The number of aryl methyl sites for hydroxylation is 2. The summed E-state index contributed by atoms with van der Waals surface area (Å²) < 4.78 is 26.5. The molecule has 7 nitrogen and oxygen atoms in total. The quantitative estimate of drug-likeness (QED) is 0.281. The number of benzene rings is 2. The Labute approximate surface area is 237 Å². The van der Waals surface area contributed by atoms with Crippen molar-refractivity contribution in [1.29, 1.82) is 0 Å². The molecule has 0 spiro atoms. The summed E-state index contributed by atoms with van der Waals surface area (Å²) in [4.78, 5) is 28.1. The normalized spacial score (nSPS) is 12.2. The molecule has 2 amide bonds. The van der Waals surface area contributed by atoms with Gasteiger partial charge in [-0.15, -0.1) is 0 Å². The summed E-state index contributed by atoms with van der Waals surface area (Å²) in [7, 11) is -3.56. The maximum atomic E-state index is 13.5. The Morgan fingerprint density at radius 2 is 1.63 bits per heavy atom. The molecule has 0 heterocycles. The molecule has 0 bridgehead atoms. The van der Waals surface area contributed by atoms with Crippen LogP contribution >= 0.6 is 23.2 Å². The third-order valence-electron chi connectivity index (χ3n) is 6.20. The van der Waals surface area contributed by atoms with Crippen molar-refractivity contribution in [3.8, 4) is 0 Å². The van der Waals surface area contributed by atoms with Crippen LogP contribution in [-0.4, -0.2) is 50.5 Å². The second-order valence-electron chi connectivity index (χ2n) is 9.62. The number of unbranched alkanes of at least 4 members (excludes halogenated alkanes) is 1. The highest BCUT2D eigenvalue weighted by Crippen LogP contribution is 2.25. The molecule has 1 N–H and O–H groups in total. The number of rotatable bonds is 14. The van der Waals surface area contributed by atoms with Crippen molar-refractivity contribution in [3.05, 3.63) is 63.1 Å². The summed E-state index contributed by atoms with van der Waals surface area (Å²) in [5.41, 5.74) is 3.24. The van der Waals surface area contributed by atoms with Crippen LogP contribution in [0.4, 0.5) is 5.69 Å². The van der Waals surface area contributed by atoms with Gasteiger partial charge in [0, 0.05) is 26.1 Å². The molecule has 10 heteroatoms. The first-order chi connectivity index (χ1) is 17.9. The van der Waals surface area contributed by atoms with Gasteiger partial charge in [0.05, 0.1) is 22.0 Å².